The lowest BCUT2D eigenvalue weighted by Gasteiger charge is -2.22. The summed E-state index contributed by atoms with van der Waals surface area (Å²) in [4.78, 5) is 49.4. The second-order valence-corrected chi connectivity index (χ2v) is 8.98. The maximum absolute atomic E-state index is 12.5. The Balaban J connectivity index is 1.34. The number of hydrogen-bond acceptors (Lipinski definition) is 5. The number of benzene rings is 3. The summed E-state index contributed by atoms with van der Waals surface area (Å²) in [5.74, 6) is -3.13. The molecular weight excluding hydrogens is 458 g/mol. The Labute approximate surface area is 209 Å². The van der Waals surface area contributed by atoms with Gasteiger partial charge in [0.2, 0.25) is 0 Å². The molecule has 36 heavy (non-hydrogen) atoms. The zero-order valence-corrected chi connectivity index (χ0v) is 19.9. The number of carboxylic acid groups (broad SMARTS) is 1. The number of rotatable bonds is 10. The van der Waals surface area contributed by atoms with Gasteiger partial charge in [0.05, 0.1) is 23.1 Å². The van der Waals surface area contributed by atoms with Crippen LogP contribution in [0, 0.1) is 5.92 Å². The first-order valence-corrected chi connectivity index (χ1v) is 11.8. The van der Waals surface area contributed by atoms with Crippen molar-refractivity contribution in [2.24, 2.45) is 5.92 Å². The zero-order chi connectivity index (χ0) is 25.8. The fourth-order valence-electron chi connectivity index (χ4n) is 4.47. The molecule has 0 aromatic heterocycles. The normalized spacial score (nSPS) is 14.4. The molecule has 0 saturated heterocycles. The fourth-order valence-corrected chi connectivity index (χ4v) is 4.47. The van der Waals surface area contributed by atoms with Gasteiger partial charge in [0.1, 0.15) is 0 Å². The lowest BCUT2D eigenvalue weighted by Crippen LogP contribution is -2.36. The minimum absolute atomic E-state index is 0.0128. The van der Waals surface area contributed by atoms with Crippen molar-refractivity contribution in [3.8, 4) is 11.1 Å². The van der Waals surface area contributed by atoms with Crippen molar-refractivity contribution in [3.05, 3.63) is 95.1 Å². The van der Waals surface area contributed by atoms with Crippen LogP contribution in [0.15, 0.2) is 72.8 Å². The predicted octanol–water partition coefficient (Wildman–Crippen LogP) is 4.24. The first-order valence-electron chi connectivity index (χ1n) is 11.8. The Morgan fingerprint density at radius 1 is 0.806 bits per heavy atom. The molecule has 2 amide bonds. The molecule has 2 atom stereocenters. The van der Waals surface area contributed by atoms with Crippen LogP contribution in [0.25, 0.3) is 11.1 Å². The van der Waals surface area contributed by atoms with Crippen molar-refractivity contribution in [2.45, 2.75) is 32.3 Å². The van der Waals surface area contributed by atoms with Gasteiger partial charge >= 0.3 is 5.97 Å². The van der Waals surface area contributed by atoms with E-state index in [1.807, 2.05) is 36.4 Å². The number of amides is 2. The van der Waals surface area contributed by atoms with Gasteiger partial charge < -0.3 is 10.2 Å². The smallest absolute Gasteiger partial charge is 0.309 e. The second kappa shape index (κ2) is 10.7. The van der Waals surface area contributed by atoms with Crippen molar-refractivity contribution in [1.29, 1.82) is 0 Å². The maximum atomic E-state index is 12.5. The number of carboxylic acids is 1. The molecule has 1 aliphatic heterocycles. The van der Waals surface area contributed by atoms with Gasteiger partial charge in [-0.15, -0.1) is 0 Å². The molecule has 3 aromatic carbocycles. The molecule has 0 radical (unpaired) electrons. The van der Waals surface area contributed by atoms with Crippen LogP contribution < -0.4 is 0 Å². The molecule has 0 fully saturated rings. The first kappa shape index (κ1) is 25.0. The number of aliphatic hydroxyl groups excluding tert-OH is 1. The molecular formula is C29H27NO6. The second-order valence-electron chi connectivity index (χ2n) is 8.98. The number of aryl methyl sites for hydroxylation is 1. The maximum Gasteiger partial charge on any atom is 0.309 e. The van der Waals surface area contributed by atoms with Crippen LogP contribution in [-0.4, -0.2) is 51.3 Å². The zero-order valence-electron chi connectivity index (χ0n) is 19.9. The molecule has 1 unspecified atom stereocenters. The molecule has 1 aliphatic rings. The van der Waals surface area contributed by atoms with E-state index >= 15 is 0 Å². The van der Waals surface area contributed by atoms with Crippen molar-refractivity contribution in [3.63, 3.8) is 0 Å². The number of Topliss-reactive ketones (excluding diaryl/α,β-unsaturated/α-hetero) is 1. The molecule has 0 spiro atoms. The minimum atomic E-state index is -1.16. The Kier molecular flexibility index (Phi) is 7.41. The highest BCUT2D eigenvalue weighted by Gasteiger charge is 2.36. The summed E-state index contributed by atoms with van der Waals surface area (Å²) in [6.45, 7) is 1.45. The van der Waals surface area contributed by atoms with Crippen molar-refractivity contribution in [2.75, 3.05) is 6.54 Å². The van der Waals surface area contributed by atoms with E-state index in [2.05, 4.69) is 0 Å². The molecule has 7 heteroatoms. The van der Waals surface area contributed by atoms with Gasteiger partial charge in [-0.25, -0.2) is 0 Å². The van der Waals surface area contributed by atoms with E-state index in [1.54, 1.807) is 36.4 Å². The molecule has 0 aliphatic carbocycles. The van der Waals surface area contributed by atoms with Gasteiger partial charge in [-0.2, -0.15) is 0 Å². The summed E-state index contributed by atoms with van der Waals surface area (Å²) in [6, 6.07) is 21.6. The van der Waals surface area contributed by atoms with Gasteiger partial charge in [-0.1, -0.05) is 60.7 Å². The van der Waals surface area contributed by atoms with E-state index in [-0.39, 0.29) is 25.2 Å². The molecule has 3 aromatic rings. The SMILES string of the molecule is CC(=O)c1ccc(-c2ccc(CCC(O)[C@@H](CCN3C(=O)c4ccccc4C3=O)C(=O)O)cc2)cc1. The van der Waals surface area contributed by atoms with E-state index in [4.69, 9.17) is 0 Å². The Bertz CT molecular complexity index is 1260. The third-order valence-electron chi connectivity index (χ3n) is 6.63. The van der Waals surface area contributed by atoms with Gasteiger partial charge in [0, 0.05) is 12.1 Å². The lowest BCUT2D eigenvalue weighted by molar-refractivity contribution is -0.146. The fraction of sp³-hybridized carbons (Fsp3) is 0.241. The first-order chi connectivity index (χ1) is 17.3. The molecule has 0 saturated carbocycles. The number of aliphatic carboxylic acids is 1. The van der Waals surface area contributed by atoms with Crippen molar-refractivity contribution < 1.29 is 29.4 Å². The highest BCUT2D eigenvalue weighted by molar-refractivity contribution is 6.21. The van der Waals surface area contributed by atoms with E-state index in [0.29, 0.717) is 23.1 Å². The topological polar surface area (TPSA) is 112 Å². The Hall–Kier alpha value is -4.10. The molecule has 4 rings (SSSR count). The van der Waals surface area contributed by atoms with Crippen LogP contribution in [0.1, 0.15) is 56.4 Å². The number of carbonyl (C=O) groups excluding carboxylic acids is 3. The third-order valence-corrected chi connectivity index (χ3v) is 6.63. The summed E-state index contributed by atoms with van der Waals surface area (Å²) in [7, 11) is 0. The van der Waals surface area contributed by atoms with Crippen LogP contribution in [0.3, 0.4) is 0 Å². The van der Waals surface area contributed by atoms with Crippen molar-refractivity contribution >= 4 is 23.6 Å². The number of nitrogens with zero attached hydrogens (tertiary/aromatic N) is 1. The van der Waals surface area contributed by atoms with Crippen LogP contribution in [0.4, 0.5) is 0 Å². The average molecular weight is 486 g/mol. The minimum Gasteiger partial charge on any atom is -0.481 e. The highest BCUT2D eigenvalue weighted by atomic mass is 16.4. The largest absolute Gasteiger partial charge is 0.481 e. The Morgan fingerprint density at radius 3 is 1.83 bits per heavy atom. The molecule has 7 nitrogen and oxygen atoms in total. The molecule has 0 bridgehead atoms. The summed E-state index contributed by atoms with van der Waals surface area (Å²) in [5.41, 5.74) is 4.19. The number of carbonyl (C=O) groups is 4. The molecule has 1 heterocycles. The van der Waals surface area contributed by atoms with Gasteiger partial charge in [0.15, 0.2) is 5.78 Å². The van der Waals surface area contributed by atoms with Gasteiger partial charge in [0.25, 0.3) is 11.8 Å². The Morgan fingerprint density at radius 2 is 1.33 bits per heavy atom. The average Bonchev–Trinajstić information content (AvgIpc) is 3.12. The summed E-state index contributed by atoms with van der Waals surface area (Å²) in [5, 5.41) is 20.3. The highest BCUT2D eigenvalue weighted by Crippen LogP contribution is 2.25. The van der Waals surface area contributed by atoms with Gasteiger partial charge in [-0.05, 0) is 55.0 Å². The van der Waals surface area contributed by atoms with Crippen molar-refractivity contribution in [1.82, 2.24) is 4.90 Å². The number of ketones is 1. The number of aliphatic hydroxyl groups is 1. The van der Waals surface area contributed by atoms with Gasteiger partial charge in [-0.3, -0.25) is 24.1 Å². The van der Waals surface area contributed by atoms with E-state index < -0.39 is 29.8 Å². The summed E-state index contributed by atoms with van der Waals surface area (Å²) < 4.78 is 0. The van der Waals surface area contributed by atoms with Crippen LogP contribution in [-0.2, 0) is 11.2 Å². The van der Waals surface area contributed by atoms with E-state index in [9.17, 15) is 29.4 Å². The van der Waals surface area contributed by atoms with Crippen LogP contribution in [0.2, 0.25) is 0 Å². The summed E-state index contributed by atoms with van der Waals surface area (Å²) in [6.07, 6.45) is -0.457. The number of hydrogen-bond donors (Lipinski definition) is 2. The molecule has 184 valence electrons. The molecule has 2 N–H and O–H groups in total. The predicted molar refractivity (Wildman–Crippen MR) is 134 cm³/mol. The monoisotopic (exact) mass is 485 g/mol. The summed E-state index contributed by atoms with van der Waals surface area (Å²) >= 11 is 0. The van der Waals surface area contributed by atoms with E-state index in [0.717, 1.165) is 21.6 Å². The number of imide groups is 1. The quantitative estimate of drug-likeness (QED) is 0.328. The lowest BCUT2D eigenvalue weighted by atomic mass is 9.93. The third kappa shape index (κ3) is 5.26. The van der Waals surface area contributed by atoms with E-state index in [1.165, 1.54) is 6.92 Å². The van der Waals surface area contributed by atoms with Crippen LogP contribution >= 0.6 is 0 Å². The number of fused-ring (bicyclic) bond motifs is 1. The van der Waals surface area contributed by atoms with Crippen LogP contribution in [0.5, 0.6) is 0 Å². The standard InChI is InChI=1S/C29H27NO6/c1-18(31)20-11-13-22(14-12-20)21-9-6-19(7-10-21)8-15-26(32)25(29(35)36)16-17-30-27(33)23-4-2-3-5-24(23)28(30)34/h2-7,9-14,25-26,32H,8,15-17H2,1H3,(H,35,36)/t25-,26?/m1/s1.